The number of aromatic carboxylic acids is 1. The number of sulfonamides is 1. The van der Waals surface area contributed by atoms with Gasteiger partial charge in [-0.05, 0) is 12.0 Å². The largest absolute Gasteiger partial charge is 0.477 e. The topological polar surface area (TPSA) is 120 Å². The Morgan fingerprint density at radius 1 is 1.43 bits per heavy atom. The molecule has 0 aliphatic heterocycles. The normalized spacial score (nSPS) is 11.9. The molecule has 1 aromatic heterocycles. The molecule has 1 aromatic rings. The maximum Gasteiger partial charge on any atom is 0.352 e. The predicted molar refractivity (Wildman–Crippen MR) is 75.4 cm³/mol. The number of H-pyrrole nitrogens is 1. The molecular formula is C12H19N3O5S. The molecule has 0 aromatic carbocycles. The van der Waals surface area contributed by atoms with Crippen LogP contribution in [0.2, 0.25) is 0 Å². The Morgan fingerprint density at radius 2 is 2.05 bits per heavy atom. The first-order chi connectivity index (χ1) is 9.64. The lowest BCUT2D eigenvalue weighted by Crippen LogP contribution is -2.39. The van der Waals surface area contributed by atoms with Crippen LogP contribution < -0.4 is 5.32 Å². The fourth-order valence-electron chi connectivity index (χ4n) is 1.49. The average molecular weight is 317 g/mol. The third-order valence-electron chi connectivity index (χ3n) is 2.67. The second-order valence-corrected chi connectivity index (χ2v) is 7.06. The van der Waals surface area contributed by atoms with E-state index in [1.807, 2.05) is 13.8 Å². The van der Waals surface area contributed by atoms with Crippen molar-refractivity contribution in [1.29, 1.82) is 0 Å². The Hall–Kier alpha value is -1.87. The Balaban J connectivity index is 2.77. The van der Waals surface area contributed by atoms with Crippen molar-refractivity contribution in [3.05, 3.63) is 18.0 Å². The smallest absolute Gasteiger partial charge is 0.352 e. The lowest BCUT2D eigenvalue weighted by atomic mass is 10.2. The van der Waals surface area contributed by atoms with E-state index in [0.717, 1.165) is 16.6 Å². The molecule has 0 aliphatic carbocycles. The standard InChI is InChI=1S/C12H19N3O5S/c1-8(2)5-14-11(16)7-15(3)21(19,20)9-4-10(12(17)18)13-6-9/h4,6,8,13H,5,7H2,1-3H3,(H,14,16)(H,17,18). The average Bonchev–Trinajstić information content (AvgIpc) is 2.86. The van der Waals surface area contributed by atoms with Gasteiger partial charge in [-0.15, -0.1) is 0 Å². The molecule has 0 aliphatic rings. The molecule has 1 amide bonds. The van der Waals surface area contributed by atoms with Crippen LogP contribution in [0.25, 0.3) is 0 Å². The van der Waals surface area contributed by atoms with E-state index in [-0.39, 0.29) is 23.1 Å². The van der Waals surface area contributed by atoms with Crippen molar-refractivity contribution in [1.82, 2.24) is 14.6 Å². The summed E-state index contributed by atoms with van der Waals surface area (Å²) in [4.78, 5) is 24.5. The number of nitrogens with zero attached hydrogens (tertiary/aromatic N) is 1. The zero-order valence-electron chi connectivity index (χ0n) is 12.1. The summed E-state index contributed by atoms with van der Waals surface area (Å²) >= 11 is 0. The first-order valence-corrected chi connectivity index (χ1v) is 7.73. The highest BCUT2D eigenvalue weighted by atomic mass is 32.2. The SMILES string of the molecule is CC(C)CNC(=O)CN(C)S(=O)(=O)c1c[nH]c(C(=O)O)c1. The van der Waals surface area contributed by atoms with Gasteiger partial charge in [0.05, 0.1) is 6.54 Å². The maximum atomic E-state index is 12.2. The summed E-state index contributed by atoms with van der Waals surface area (Å²) in [7, 11) is -2.65. The molecule has 0 spiro atoms. The molecule has 0 unspecified atom stereocenters. The first-order valence-electron chi connectivity index (χ1n) is 6.29. The highest BCUT2D eigenvalue weighted by molar-refractivity contribution is 7.89. The van der Waals surface area contributed by atoms with Crippen LogP contribution in [0.5, 0.6) is 0 Å². The van der Waals surface area contributed by atoms with Crippen molar-refractivity contribution in [3.63, 3.8) is 0 Å². The van der Waals surface area contributed by atoms with E-state index in [0.29, 0.717) is 6.54 Å². The molecule has 9 heteroatoms. The number of nitrogens with one attached hydrogen (secondary N) is 2. The highest BCUT2D eigenvalue weighted by Crippen LogP contribution is 2.15. The number of aromatic nitrogens is 1. The molecule has 0 radical (unpaired) electrons. The minimum Gasteiger partial charge on any atom is -0.477 e. The third-order valence-corrected chi connectivity index (χ3v) is 4.45. The number of carbonyl (C=O) groups excluding carboxylic acids is 1. The molecule has 0 fully saturated rings. The van der Waals surface area contributed by atoms with Gasteiger partial charge in [0, 0.05) is 19.8 Å². The van der Waals surface area contributed by atoms with Crippen LogP contribution in [0.4, 0.5) is 0 Å². The van der Waals surface area contributed by atoms with Crippen molar-refractivity contribution in [2.45, 2.75) is 18.7 Å². The van der Waals surface area contributed by atoms with Crippen molar-refractivity contribution in [2.75, 3.05) is 20.1 Å². The van der Waals surface area contributed by atoms with Gasteiger partial charge >= 0.3 is 5.97 Å². The molecule has 0 bridgehead atoms. The molecule has 21 heavy (non-hydrogen) atoms. The first kappa shape index (κ1) is 17.2. The van der Waals surface area contributed by atoms with Crippen LogP contribution in [0.1, 0.15) is 24.3 Å². The number of carbonyl (C=O) groups is 2. The molecule has 0 saturated carbocycles. The van der Waals surface area contributed by atoms with E-state index in [1.54, 1.807) is 0 Å². The number of carboxylic acid groups (broad SMARTS) is 1. The predicted octanol–water partition coefficient (Wildman–Crippen LogP) is 0.106. The lowest BCUT2D eigenvalue weighted by Gasteiger charge is -2.16. The van der Waals surface area contributed by atoms with E-state index in [9.17, 15) is 18.0 Å². The van der Waals surface area contributed by atoms with Gasteiger partial charge in [-0.1, -0.05) is 13.8 Å². The summed E-state index contributed by atoms with van der Waals surface area (Å²) in [5.41, 5.74) is -0.230. The van der Waals surface area contributed by atoms with Crippen LogP contribution in [0.15, 0.2) is 17.2 Å². The number of carboxylic acids is 1. The summed E-state index contributed by atoms with van der Waals surface area (Å²) in [6.45, 7) is 3.98. The number of rotatable bonds is 7. The third kappa shape index (κ3) is 4.57. The molecule has 0 atom stereocenters. The molecule has 1 rings (SSSR count). The molecule has 118 valence electrons. The summed E-state index contributed by atoms with van der Waals surface area (Å²) in [5, 5.41) is 11.4. The molecule has 3 N–H and O–H groups in total. The van der Waals surface area contributed by atoms with Crippen LogP contribution in [0, 0.1) is 5.92 Å². The van der Waals surface area contributed by atoms with Crippen molar-refractivity contribution in [2.24, 2.45) is 5.92 Å². The van der Waals surface area contributed by atoms with Crippen LogP contribution >= 0.6 is 0 Å². The fraction of sp³-hybridized carbons (Fsp3) is 0.500. The van der Waals surface area contributed by atoms with Crippen LogP contribution in [-0.4, -0.2) is 54.8 Å². The van der Waals surface area contributed by atoms with Gasteiger partial charge < -0.3 is 15.4 Å². The fourth-order valence-corrected chi connectivity index (χ4v) is 2.61. The number of hydrogen-bond acceptors (Lipinski definition) is 4. The minimum atomic E-state index is -3.91. The molecule has 8 nitrogen and oxygen atoms in total. The van der Waals surface area contributed by atoms with Gasteiger partial charge in [-0.2, -0.15) is 4.31 Å². The number of hydrogen-bond donors (Lipinski definition) is 3. The van der Waals surface area contributed by atoms with E-state index >= 15 is 0 Å². The molecular weight excluding hydrogens is 298 g/mol. The number of amides is 1. The van der Waals surface area contributed by atoms with Gasteiger partial charge in [-0.3, -0.25) is 4.79 Å². The Labute approximate surface area is 123 Å². The highest BCUT2D eigenvalue weighted by Gasteiger charge is 2.25. The van der Waals surface area contributed by atoms with Gasteiger partial charge in [0.15, 0.2) is 0 Å². The van der Waals surface area contributed by atoms with Crippen molar-refractivity contribution >= 4 is 21.9 Å². The van der Waals surface area contributed by atoms with E-state index in [1.165, 1.54) is 7.05 Å². The number of likely N-dealkylation sites (N-methyl/N-ethyl adjacent to an activating group) is 1. The van der Waals surface area contributed by atoms with E-state index < -0.39 is 21.9 Å². The van der Waals surface area contributed by atoms with Gasteiger partial charge in [0.25, 0.3) is 0 Å². The molecule has 0 saturated heterocycles. The summed E-state index contributed by atoms with van der Waals surface area (Å²) in [5.74, 6) is -1.41. The summed E-state index contributed by atoms with van der Waals surface area (Å²) < 4.78 is 25.2. The van der Waals surface area contributed by atoms with E-state index in [2.05, 4.69) is 10.3 Å². The van der Waals surface area contributed by atoms with Crippen LogP contribution in [-0.2, 0) is 14.8 Å². The Bertz CT molecular complexity index is 621. The maximum absolute atomic E-state index is 12.2. The monoisotopic (exact) mass is 317 g/mol. The van der Waals surface area contributed by atoms with Crippen molar-refractivity contribution < 1.29 is 23.1 Å². The Morgan fingerprint density at radius 3 is 2.52 bits per heavy atom. The number of aromatic amines is 1. The van der Waals surface area contributed by atoms with Gasteiger partial charge in [0.2, 0.25) is 15.9 Å². The zero-order valence-corrected chi connectivity index (χ0v) is 12.9. The second-order valence-electron chi connectivity index (χ2n) is 5.01. The van der Waals surface area contributed by atoms with Crippen molar-refractivity contribution in [3.8, 4) is 0 Å². The summed E-state index contributed by atoms with van der Waals surface area (Å²) in [6.07, 6.45) is 1.08. The zero-order chi connectivity index (χ0) is 16.2. The summed E-state index contributed by atoms with van der Waals surface area (Å²) in [6, 6.07) is 1.01. The van der Waals surface area contributed by atoms with E-state index in [4.69, 9.17) is 5.11 Å². The van der Waals surface area contributed by atoms with Crippen LogP contribution in [0.3, 0.4) is 0 Å². The molecule has 1 heterocycles. The van der Waals surface area contributed by atoms with Gasteiger partial charge in [-0.25, -0.2) is 13.2 Å². The minimum absolute atomic E-state index is 0.195. The van der Waals surface area contributed by atoms with Gasteiger partial charge in [0.1, 0.15) is 10.6 Å². The Kier molecular flexibility index (Phi) is 5.50. The lowest BCUT2D eigenvalue weighted by molar-refractivity contribution is -0.121. The second kappa shape index (κ2) is 6.72. The quantitative estimate of drug-likeness (QED) is 0.659.